The Morgan fingerprint density at radius 2 is 1.84 bits per heavy atom. The van der Waals surface area contributed by atoms with E-state index in [1.54, 1.807) is 0 Å². The van der Waals surface area contributed by atoms with Gasteiger partial charge < -0.3 is 14.4 Å². The van der Waals surface area contributed by atoms with Gasteiger partial charge in [-0.15, -0.1) is 10.2 Å². The largest absolute Gasteiger partial charge is 0.368 e. The summed E-state index contributed by atoms with van der Waals surface area (Å²) in [5.41, 5.74) is 3.04. The van der Waals surface area contributed by atoms with Crippen molar-refractivity contribution in [1.29, 1.82) is 0 Å². The predicted octanol–water partition coefficient (Wildman–Crippen LogP) is 5.02. The van der Waals surface area contributed by atoms with E-state index in [-0.39, 0.29) is 5.91 Å². The maximum Gasteiger partial charge on any atom is 0.233 e. The van der Waals surface area contributed by atoms with Crippen LogP contribution in [0.4, 0.5) is 5.69 Å². The highest BCUT2D eigenvalue weighted by molar-refractivity contribution is 7.99. The minimum Gasteiger partial charge on any atom is -0.368 e. The van der Waals surface area contributed by atoms with Gasteiger partial charge in [-0.1, -0.05) is 53.2 Å². The molecule has 1 aliphatic rings. The van der Waals surface area contributed by atoms with E-state index in [9.17, 15) is 4.79 Å². The predicted molar refractivity (Wildman–Crippen MR) is 132 cm³/mol. The van der Waals surface area contributed by atoms with Crippen molar-refractivity contribution in [3.05, 3.63) is 58.1 Å². The summed E-state index contributed by atoms with van der Waals surface area (Å²) in [4.78, 5) is 17.0. The van der Waals surface area contributed by atoms with E-state index in [2.05, 4.69) is 21.2 Å². The summed E-state index contributed by atoms with van der Waals surface area (Å²) in [5, 5.41) is 10.9. The molecule has 1 fully saturated rings. The first kappa shape index (κ1) is 23.0. The van der Waals surface area contributed by atoms with Gasteiger partial charge in [-0.2, -0.15) is 0 Å². The summed E-state index contributed by atoms with van der Waals surface area (Å²) in [6.07, 6.45) is 0. The lowest BCUT2D eigenvalue weighted by Crippen LogP contribution is -2.49. The third-order valence-corrected chi connectivity index (χ3v) is 7.19. The van der Waals surface area contributed by atoms with Crippen LogP contribution in [0.5, 0.6) is 0 Å². The van der Waals surface area contributed by atoms with Crippen molar-refractivity contribution in [2.45, 2.75) is 25.5 Å². The zero-order valence-corrected chi connectivity index (χ0v) is 20.4. The first-order valence-electron chi connectivity index (χ1n) is 10.6. The van der Waals surface area contributed by atoms with Gasteiger partial charge in [0.15, 0.2) is 11.0 Å². The maximum atomic E-state index is 12.8. The molecule has 168 valence electrons. The topological polar surface area (TPSA) is 54.3 Å². The average molecular weight is 490 g/mol. The number of nitrogens with zero attached hydrogens (tertiary/aromatic N) is 5. The number of aryl methyl sites for hydroxylation is 1. The quantitative estimate of drug-likeness (QED) is 0.454. The second kappa shape index (κ2) is 10.1. The van der Waals surface area contributed by atoms with Crippen molar-refractivity contribution in [2.75, 3.05) is 36.8 Å². The molecule has 0 unspecified atom stereocenters. The van der Waals surface area contributed by atoms with E-state index in [0.29, 0.717) is 30.4 Å². The number of aromatic nitrogens is 3. The molecule has 6 nitrogen and oxygen atoms in total. The van der Waals surface area contributed by atoms with Crippen LogP contribution in [-0.2, 0) is 11.3 Å². The number of rotatable bonds is 6. The Kier molecular flexibility index (Phi) is 7.28. The second-order valence-electron chi connectivity index (χ2n) is 7.65. The van der Waals surface area contributed by atoms with E-state index in [1.807, 2.05) is 59.7 Å². The van der Waals surface area contributed by atoms with Crippen LogP contribution < -0.4 is 4.90 Å². The van der Waals surface area contributed by atoms with Crippen LogP contribution in [0.25, 0.3) is 11.4 Å². The Morgan fingerprint density at radius 3 is 2.53 bits per heavy atom. The van der Waals surface area contributed by atoms with Gasteiger partial charge in [-0.05, 0) is 43.7 Å². The third-order valence-electron chi connectivity index (χ3n) is 5.59. The molecule has 0 saturated carbocycles. The lowest BCUT2D eigenvalue weighted by Gasteiger charge is -2.36. The Bertz CT molecular complexity index is 1110. The first-order valence-corrected chi connectivity index (χ1v) is 12.3. The Hall–Kier alpha value is -2.22. The fourth-order valence-electron chi connectivity index (χ4n) is 3.73. The molecule has 2 heterocycles. The number of anilines is 1. The van der Waals surface area contributed by atoms with Gasteiger partial charge in [0.1, 0.15) is 0 Å². The molecule has 0 bridgehead atoms. The van der Waals surface area contributed by atoms with Crippen LogP contribution in [0.2, 0.25) is 10.0 Å². The number of piperazine rings is 1. The molecule has 0 N–H and O–H groups in total. The number of thioether (sulfide) groups is 1. The molecule has 4 rings (SSSR count). The molecule has 1 aromatic heterocycles. The number of carbonyl (C=O) groups is 1. The van der Waals surface area contributed by atoms with Gasteiger partial charge in [-0.3, -0.25) is 4.79 Å². The highest BCUT2D eigenvalue weighted by Crippen LogP contribution is 2.28. The molecule has 0 aliphatic carbocycles. The van der Waals surface area contributed by atoms with E-state index >= 15 is 0 Å². The van der Waals surface area contributed by atoms with Gasteiger partial charge in [-0.25, -0.2) is 0 Å². The zero-order chi connectivity index (χ0) is 22.7. The molecule has 0 atom stereocenters. The molecule has 2 aromatic carbocycles. The highest BCUT2D eigenvalue weighted by Gasteiger charge is 2.23. The minimum atomic E-state index is 0.117. The monoisotopic (exact) mass is 489 g/mol. The van der Waals surface area contributed by atoms with E-state index < -0.39 is 0 Å². The van der Waals surface area contributed by atoms with Gasteiger partial charge in [0.2, 0.25) is 5.91 Å². The molecule has 0 radical (unpaired) electrons. The number of hydrogen-bond donors (Lipinski definition) is 0. The first-order chi connectivity index (χ1) is 15.5. The molecule has 3 aromatic rings. The molecular weight excluding hydrogens is 465 g/mol. The highest BCUT2D eigenvalue weighted by atomic mass is 35.5. The summed E-state index contributed by atoms with van der Waals surface area (Å²) in [6.45, 7) is 7.70. The summed E-state index contributed by atoms with van der Waals surface area (Å²) in [5.74, 6) is 1.22. The number of amides is 1. The van der Waals surface area contributed by atoms with Crippen LogP contribution in [0.3, 0.4) is 0 Å². The normalized spacial score (nSPS) is 14.1. The standard InChI is InChI=1S/C23H25Cl2N5OS/c1-3-30-22(17-8-7-16(2)20(25)13-17)26-27-23(30)32-15-21(31)29-11-9-28(10-12-29)19-6-4-5-18(24)14-19/h4-8,13-14H,3,9-12,15H2,1-2H3. The summed E-state index contributed by atoms with van der Waals surface area (Å²) >= 11 is 13.8. The SMILES string of the molecule is CCn1c(SCC(=O)N2CCN(c3cccc(Cl)c3)CC2)nnc1-c1ccc(C)c(Cl)c1. The van der Waals surface area contributed by atoms with Gasteiger partial charge in [0.25, 0.3) is 0 Å². The van der Waals surface area contributed by atoms with Gasteiger partial charge in [0, 0.05) is 54.0 Å². The minimum absolute atomic E-state index is 0.117. The zero-order valence-electron chi connectivity index (χ0n) is 18.1. The van der Waals surface area contributed by atoms with Gasteiger partial charge in [0.05, 0.1) is 5.75 Å². The Morgan fingerprint density at radius 1 is 1.06 bits per heavy atom. The summed E-state index contributed by atoms with van der Waals surface area (Å²) in [6, 6.07) is 13.7. The second-order valence-corrected chi connectivity index (χ2v) is 9.44. The van der Waals surface area contributed by atoms with Crippen molar-refractivity contribution < 1.29 is 4.79 Å². The van der Waals surface area contributed by atoms with Crippen molar-refractivity contribution in [1.82, 2.24) is 19.7 Å². The fourth-order valence-corrected chi connectivity index (χ4v) is 5.00. The number of benzene rings is 2. The van der Waals surface area contributed by atoms with Crippen LogP contribution in [0.1, 0.15) is 12.5 Å². The van der Waals surface area contributed by atoms with Crippen molar-refractivity contribution in [2.24, 2.45) is 0 Å². The van der Waals surface area contributed by atoms with Crippen LogP contribution in [0, 0.1) is 6.92 Å². The Balaban J connectivity index is 1.36. The molecule has 1 saturated heterocycles. The van der Waals surface area contributed by atoms with E-state index in [4.69, 9.17) is 23.2 Å². The Labute approximate surface area is 202 Å². The molecule has 32 heavy (non-hydrogen) atoms. The van der Waals surface area contributed by atoms with Crippen molar-refractivity contribution >= 4 is 46.6 Å². The fraction of sp³-hybridized carbons (Fsp3) is 0.348. The van der Waals surface area contributed by atoms with Gasteiger partial charge >= 0.3 is 0 Å². The average Bonchev–Trinajstić information content (AvgIpc) is 3.22. The molecule has 1 aliphatic heterocycles. The van der Waals surface area contributed by atoms with E-state index in [0.717, 1.165) is 45.9 Å². The summed E-state index contributed by atoms with van der Waals surface area (Å²) < 4.78 is 2.02. The van der Waals surface area contributed by atoms with Crippen molar-refractivity contribution in [3.8, 4) is 11.4 Å². The molecule has 9 heteroatoms. The molecule has 1 amide bonds. The lowest BCUT2D eigenvalue weighted by molar-refractivity contribution is -0.128. The lowest BCUT2D eigenvalue weighted by atomic mass is 10.1. The summed E-state index contributed by atoms with van der Waals surface area (Å²) in [7, 11) is 0. The number of halogens is 2. The van der Waals surface area contributed by atoms with Crippen LogP contribution >= 0.6 is 35.0 Å². The molecule has 0 spiro atoms. The molecular formula is C23H25Cl2N5OS. The third kappa shape index (κ3) is 5.05. The smallest absolute Gasteiger partial charge is 0.233 e. The maximum absolute atomic E-state index is 12.8. The number of hydrogen-bond acceptors (Lipinski definition) is 5. The van der Waals surface area contributed by atoms with Crippen LogP contribution in [0.15, 0.2) is 47.6 Å². The van der Waals surface area contributed by atoms with Crippen molar-refractivity contribution in [3.63, 3.8) is 0 Å². The van der Waals surface area contributed by atoms with Crippen LogP contribution in [-0.4, -0.2) is 57.5 Å². The number of carbonyl (C=O) groups excluding carboxylic acids is 1. The van der Waals surface area contributed by atoms with E-state index in [1.165, 1.54) is 11.8 Å².